The first kappa shape index (κ1) is 13.8. The van der Waals surface area contributed by atoms with Crippen LogP contribution in [0.4, 0.5) is 11.4 Å². The summed E-state index contributed by atoms with van der Waals surface area (Å²) in [6.45, 7) is 5.11. The molecular formula is C14H16N4O2. The average Bonchev–Trinajstić information content (AvgIpc) is 2.79. The van der Waals surface area contributed by atoms with E-state index in [2.05, 4.69) is 20.8 Å². The van der Waals surface area contributed by atoms with Gasteiger partial charge >= 0.3 is 0 Å². The van der Waals surface area contributed by atoms with Gasteiger partial charge in [-0.3, -0.25) is 14.7 Å². The van der Waals surface area contributed by atoms with Gasteiger partial charge in [0.05, 0.1) is 11.8 Å². The van der Waals surface area contributed by atoms with E-state index >= 15 is 0 Å². The van der Waals surface area contributed by atoms with Gasteiger partial charge in [-0.1, -0.05) is 6.07 Å². The topological polar surface area (TPSA) is 86.9 Å². The van der Waals surface area contributed by atoms with Gasteiger partial charge in [0.25, 0.3) is 5.91 Å². The first-order valence-electron chi connectivity index (χ1n) is 6.17. The fourth-order valence-corrected chi connectivity index (χ4v) is 1.80. The van der Waals surface area contributed by atoms with Crippen molar-refractivity contribution in [3.63, 3.8) is 0 Å². The molecule has 0 unspecified atom stereocenters. The van der Waals surface area contributed by atoms with Crippen molar-refractivity contribution < 1.29 is 9.59 Å². The summed E-state index contributed by atoms with van der Waals surface area (Å²) < 4.78 is 0. The summed E-state index contributed by atoms with van der Waals surface area (Å²) in [5, 5.41) is 12.0. The Morgan fingerprint density at radius 3 is 2.55 bits per heavy atom. The molecule has 104 valence electrons. The molecule has 2 rings (SSSR count). The second-order valence-electron chi connectivity index (χ2n) is 4.57. The van der Waals surface area contributed by atoms with Crippen LogP contribution in [0.5, 0.6) is 0 Å². The number of H-pyrrole nitrogens is 1. The molecule has 20 heavy (non-hydrogen) atoms. The van der Waals surface area contributed by atoms with Crippen molar-refractivity contribution >= 4 is 23.2 Å². The van der Waals surface area contributed by atoms with Crippen molar-refractivity contribution in [2.24, 2.45) is 0 Å². The molecule has 6 nitrogen and oxygen atoms in total. The van der Waals surface area contributed by atoms with Crippen LogP contribution in [0.15, 0.2) is 24.4 Å². The fourth-order valence-electron chi connectivity index (χ4n) is 1.80. The molecule has 0 saturated heterocycles. The minimum Gasteiger partial charge on any atom is -0.326 e. The summed E-state index contributed by atoms with van der Waals surface area (Å²) >= 11 is 0. The summed E-state index contributed by atoms with van der Waals surface area (Å²) in [5.41, 5.74) is 3.42. The zero-order valence-electron chi connectivity index (χ0n) is 11.6. The van der Waals surface area contributed by atoms with Crippen LogP contribution in [0.1, 0.15) is 28.5 Å². The molecule has 2 amide bonds. The van der Waals surface area contributed by atoms with Crippen molar-refractivity contribution in [2.45, 2.75) is 20.8 Å². The number of nitrogens with zero attached hydrogens (tertiary/aromatic N) is 1. The number of carbonyl (C=O) groups is 2. The van der Waals surface area contributed by atoms with Gasteiger partial charge in [-0.25, -0.2) is 0 Å². The van der Waals surface area contributed by atoms with Crippen LogP contribution < -0.4 is 10.6 Å². The average molecular weight is 272 g/mol. The summed E-state index contributed by atoms with van der Waals surface area (Å²) in [6, 6.07) is 5.35. The predicted octanol–water partition coefficient (Wildman–Crippen LogP) is 2.24. The number of benzene rings is 1. The highest BCUT2D eigenvalue weighted by Gasteiger charge is 2.11. The van der Waals surface area contributed by atoms with E-state index in [1.54, 1.807) is 19.1 Å². The summed E-state index contributed by atoms with van der Waals surface area (Å²) in [4.78, 5) is 23.2. The summed E-state index contributed by atoms with van der Waals surface area (Å²) in [6.07, 6.45) is 1.48. The van der Waals surface area contributed by atoms with Gasteiger partial charge in [-0.2, -0.15) is 5.10 Å². The Kier molecular flexibility index (Phi) is 3.84. The molecule has 0 aliphatic heterocycles. The highest BCUT2D eigenvalue weighted by Crippen LogP contribution is 2.21. The molecule has 0 aliphatic carbocycles. The van der Waals surface area contributed by atoms with Gasteiger partial charge in [-0.05, 0) is 31.5 Å². The molecule has 0 radical (unpaired) electrons. The predicted molar refractivity (Wildman–Crippen MR) is 76.8 cm³/mol. The monoisotopic (exact) mass is 272 g/mol. The standard InChI is InChI=1S/C14H16N4O2/c1-8-4-5-11(6-13(8)16-10(3)19)17-14(20)12-7-15-18-9(12)2/h4-7H,1-3H3,(H,15,18)(H,16,19)(H,17,20). The lowest BCUT2D eigenvalue weighted by Gasteiger charge is -2.10. The highest BCUT2D eigenvalue weighted by atomic mass is 16.2. The molecule has 1 aromatic heterocycles. The van der Waals surface area contributed by atoms with Crippen molar-refractivity contribution in [2.75, 3.05) is 10.6 Å². The zero-order valence-corrected chi connectivity index (χ0v) is 11.6. The van der Waals surface area contributed by atoms with Crippen LogP contribution in [0.25, 0.3) is 0 Å². The Morgan fingerprint density at radius 2 is 1.95 bits per heavy atom. The molecule has 0 saturated carbocycles. The Labute approximate surface area is 116 Å². The fraction of sp³-hybridized carbons (Fsp3) is 0.214. The van der Waals surface area contributed by atoms with E-state index in [9.17, 15) is 9.59 Å². The van der Waals surface area contributed by atoms with E-state index in [1.807, 2.05) is 13.0 Å². The van der Waals surface area contributed by atoms with Crippen LogP contribution >= 0.6 is 0 Å². The van der Waals surface area contributed by atoms with Gasteiger partial charge in [0.15, 0.2) is 0 Å². The van der Waals surface area contributed by atoms with Crippen LogP contribution in [-0.2, 0) is 4.79 Å². The van der Waals surface area contributed by atoms with Crippen LogP contribution in [0.2, 0.25) is 0 Å². The third kappa shape index (κ3) is 3.03. The quantitative estimate of drug-likeness (QED) is 0.800. The van der Waals surface area contributed by atoms with Crippen molar-refractivity contribution in [3.05, 3.63) is 41.2 Å². The van der Waals surface area contributed by atoms with Gasteiger partial charge in [-0.15, -0.1) is 0 Å². The normalized spacial score (nSPS) is 10.2. The highest BCUT2D eigenvalue weighted by molar-refractivity contribution is 6.05. The molecule has 3 N–H and O–H groups in total. The third-order valence-electron chi connectivity index (χ3n) is 2.88. The lowest BCUT2D eigenvalue weighted by molar-refractivity contribution is -0.114. The molecule has 2 aromatic rings. The van der Waals surface area contributed by atoms with Crippen molar-refractivity contribution in [1.29, 1.82) is 0 Å². The number of carbonyl (C=O) groups excluding carboxylic acids is 2. The molecular weight excluding hydrogens is 256 g/mol. The lowest BCUT2D eigenvalue weighted by Crippen LogP contribution is -2.13. The minimum atomic E-state index is -0.242. The van der Waals surface area contributed by atoms with Crippen LogP contribution in [0, 0.1) is 13.8 Å². The zero-order chi connectivity index (χ0) is 14.7. The van der Waals surface area contributed by atoms with Gasteiger partial charge < -0.3 is 10.6 Å². The van der Waals surface area contributed by atoms with E-state index in [1.165, 1.54) is 13.1 Å². The minimum absolute atomic E-state index is 0.151. The Balaban J connectivity index is 2.20. The number of aryl methyl sites for hydroxylation is 2. The number of amides is 2. The van der Waals surface area contributed by atoms with Gasteiger partial charge in [0.2, 0.25) is 5.91 Å². The Hall–Kier alpha value is -2.63. The first-order chi connectivity index (χ1) is 9.47. The summed E-state index contributed by atoms with van der Waals surface area (Å²) in [7, 11) is 0. The lowest BCUT2D eigenvalue weighted by atomic mass is 10.1. The molecule has 0 aliphatic rings. The maximum Gasteiger partial charge on any atom is 0.259 e. The smallest absolute Gasteiger partial charge is 0.259 e. The Morgan fingerprint density at radius 1 is 1.20 bits per heavy atom. The summed E-state index contributed by atoms with van der Waals surface area (Å²) in [5.74, 6) is -0.392. The van der Waals surface area contributed by atoms with Crippen molar-refractivity contribution in [3.8, 4) is 0 Å². The van der Waals surface area contributed by atoms with E-state index in [4.69, 9.17) is 0 Å². The number of aromatic amines is 1. The van der Waals surface area contributed by atoms with E-state index in [-0.39, 0.29) is 11.8 Å². The molecule has 6 heteroatoms. The van der Waals surface area contributed by atoms with E-state index < -0.39 is 0 Å². The van der Waals surface area contributed by atoms with Crippen LogP contribution in [-0.4, -0.2) is 22.0 Å². The van der Waals surface area contributed by atoms with Crippen LogP contribution in [0.3, 0.4) is 0 Å². The Bertz CT molecular complexity index is 661. The largest absolute Gasteiger partial charge is 0.326 e. The van der Waals surface area contributed by atoms with Gasteiger partial charge in [0.1, 0.15) is 0 Å². The van der Waals surface area contributed by atoms with Gasteiger partial charge in [0, 0.05) is 24.0 Å². The van der Waals surface area contributed by atoms with Crippen molar-refractivity contribution in [1.82, 2.24) is 10.2 Å². The number of hydrogen-bond donors (Lipinski definition) is 3. The first-order valence-corrected chi connectivity index (χ1v) is 6.17. The second-order valence-corrected chi connectivity index (χ2v) is 4.57. The van der Waals surface area contributed by atoms with E-state index in [0.717, 1.165) is 5.56 Å². The number of rotatable bonds is 3. The molecule has 1 aromatic carbocycles. The number of nitrogens with one attached hydrogen (secondary N) is 3. The maximum absolute atomic E-state index is 12.1. The molecule has 0 atom stereocenters. The molecule has 0 fully saturated rings. The SMILES string of the molecule is CC(=O)Nc1cc(NC(=O)c2cn[nH]c2C)ccc1C. The number of anilines is 2. The molecule has 0 bridgehead atoms. The number of hydrogen-bond acceptors (Lipinski definition) is 3. The number of aromatic nitrogens is 2. The third-order valence-corrected chi connectivity index (χ3v) is 2.88. The molecule has 1 heterocycles. The molecule has 0 spiro atoms. The van der Waals surface area contributed by atoms with E-state index in [0.29, 0.717) is 22.6 Å². The maximum atomic E-state index is 12.1. The second kappa shape index (κ2) is 5.56.